The Kier molecular flexibility index (Phi) is 7.30. The maximum Gasteiger partial charge on any atom is 0.295 e. The second-order valence-electron chi connectivity index (χ2n) is 8.04. The highest BCUT2D eigenvalue weighted by molar-refractivity contribution is 6.46. The molecule has 8 heteroatoms. The molecule has 1 aromatic heterocycles. The zero-order chi connectivity index (χ0) is 24.8. The Labute approximate surface area is 203 Å². The highest BCUT2D eigenvalue weighted by Crippen LogP contribution is 2.40. The Morgan fingerprint density at radius 3 is 2.43 bits per heavy atom. The van der Waals surface area contributed by atoms with Crippen molar-refractivity contribution >= 4 is 17.4 Å². The summed E-state index contributed by atoms with van der Waals surface area (Å²) in [6.07, 6.45) is 7.49. The third-order valence-electron chi connectivity index (χ3n) is 5.84. The van der Waals surface area contributed by atoms with Gasteiger partial charge < -0.3 is 24.0 Å². The van der Waals surface area contributed by atoms with Crippen molar-refractivity contribution in [1.82, 2.24) is 14.5 Å². The molecule has 1 saturated heterocycles. The van der Waals surface area contributed by atoms with E-state index in [0.29, 0.717) is 48.7 Å². The van der Waals surface area contributed by atoms with Gasteiger partial charge in [0.25, 0.3) is 11.7 Å². The molecule has 1 aliphatic rings. The molecular formula is C27H27N3O5. The summed E-state index contributed by atoms with van der Waals surface area (Å²) in [5.74, 6) is -0.313. The van der Waals surface area contributed by atoms with Gasteiger partial charge in [-0.15, -0.1) is 0 Å². The fourth-order valence-electron chi connectivity index (χ4n) is 4.11. The van der Waals surface area contributed by atoms with Crippen molar-refractivity contribution in [3.8, 4) is 11.5 Å². The molecule has 0 spiro atoms. The first-order valence-electron chi connectivity index (χ1n) is 11.3. The number of Topliss-reactive ketones (excluding diaryl/α,β-unsaturated/α-hetero) is 1. The summed E-state index contributed by atoms with van der Waals surface area (Å²) in [6, 6.07) is 13.1. The predicted molar refractivity (Wildman–Crippen MR) is 131 cm³/mol. The van der Waals surface area contributed by atoms with E-state index in [1.165, 1.54) is 4.90 Å². The SMILES string of the molecule is C=CCOc1ccc(/C(O)=C2/C(=O)C(=O)N(CCCn3ccnc3)C2c2ccc(OC)cc2)cc1. The van der Waals surface area contributed by atoms with Gasteiger partial charge in [-0.25, -0.2) is 4.98 Å². The number of rotatable bonds is 10. The van der Waals surface area contributed by atoms with E-state index < -0.39 is 17.7 Å². The summed E-state index contributed by atoms with van der Waals surface area (Å²) in [4.78, 5) is 31.8. The van der Waals surface area contributed by atoms with Crippen LogP contribution in [0.5, 0.6) is 11.5 Å². The topological polar surface area (TPSA) is 93.9 Å². The molecular weight excluding hydrogens is 446 g/mol. The van der Waals surface area contributed by atoms with Crippen LogP contribution >= 0.6 is 0 Å². The number of carbonyl (C=O) groups excluding carboxylic acids is 2. The quantitative estimate of drug-likeness (QED) is 0.207. The van der Waals surface area contributed by atoms with Gasteiger partial charge in [0.15, 0.2) is 0 Å². The van der Waals surface area contributed by atoms with Gasteiger partial charge in [0.05, 0.1) is 25.1 Å². The summed E-state index contributed by atoms with van der Waals surface area (Å²) in [7, 11) is 1.57. The lowest BCUT2D eigenvalue weighted by molar-refractivity contribution is -0.139. The van der Waals surface area contributed by atoms with Crippen molar-refractivity contribution in [1.29, 1.82) is 0 Å². The van der Waals surface area contributed by atoms with Crippen LogP contribution in [0.25, 0.3) is 5.76 Å². The van der Waals surface area contributed by atoms with Crippen LogP contribution in [0.4, 0.5) is 0 Å². The summed E-state index contributed by atoms with van der Waals surface area (Å²) in [6.45, 7) is 4.96. The first kappa shape index (κ1) is 23.8. The number of aryl methyl sites for hydroxylation is 1. The monoisotopic (exact) mass is 473 g/mol. The minimum absolute atomic E-state index is 0.0579. The number of ether oxygens (including phenoxy) is 2. The fraction of sp³-hybridized carbons (Fsp3) is 0.222. The van der Waals surface area contributed by atoms with Gasteiger partial charge in [-0.2, -0.15) is 0 Å². The number of aliphatic hydroxyl groups is 1. The van der Waals surface area contributed by atoms with Crippen LogP contribution in [-0.4, -0.2) is 51.5 Å². The summed E-state index contributed by atoms with van der Waals surface area (Å²) >= 11 is 0. The molecule has 1 atom stereocenters. The molecule has 0 radical (unpaired) electrons. The molecule has 1 unspecified atom stereocenters. The van der Waals surface area contributed by atoms with Crippen molar-refractivity contribution in [2.45, 2.75) is 19.0 Å². The number of ketones is 1. The van der Waals surface area contributed by atoms with Crippen LogP contribution in [0, 0.1) is 0 Å². The van der Waals surface area contributed by atoms with Gasteiger partial charge in [0, 0.05) is 31.0 Å². The van der Waals surface area contributed by atoms with E-state index in [9.17, 15) is 14.7 Å². The third kappa shape index (κ3) is 5.11. The van der Waals surface area contributed by atoms with Crippen LogP contribution in [0.3, 0.4) is 0 Å². The number of amides is 1. The highest BCUT2D eigenvalue weighted by Gasteiger charge is 2.45. The number of aliphatic hydroxyl groups excluding tert-OH is 1. The number of methoxy groups -OCH3 is 1. The molecule has 0 aliphatic carbocycles. The molecule has 2 heterocycles. The van der Waals surface area contributed by atoms with E-state index >= 15 is 0 Å². The number of nitrogens with zero attached hydrogens (tertiary/aromatic N) is 3. The number of imidazole rings is 1. The smallest absolute Gasteiger partial charge is 0.295 e. The van der Waals surface area contributed by atoms with Gasteiger partial charge in [-0.3, -0.25) is 9.59 Å². The lowest BCUT2D eigenvalue weighted by atomic mass is 9.95. The molecule has 1 aliphatic heterocycles. The molecule has 1 fully saturated rings. The van der Waals surface area contributed by atoms with Gasteiger partial charge in [0.2, 0.25) is 0 Å². The van der Waals surface area contributed by atoms with Crippen molar-refractivity contribution in [2.75, 3.05) is 20.3 Å². The Morgan fingerprint density at radius 1 is 1.09 bits per heavy atom. The van der Waals surface area contributed by atoms with Crippen LogP contribution in [0.1, 0.15) is 23.6 Å². The normalized spacial score (nSPS) is 16.9. The van der Waals surface area contributed by atoms with Gasteiger partial charge in [-0.1, -0.05) is 24.8 Å². The summed E-state index contributed by atoms with van der Waals surface area (Å²) in [5.41, 5.74) is 1.19. The van der Waals surface area contributed by atoms with Crippen molar-refractivity contribution in [3.05, 3.63) is 96.6 Å². The average molecular weight is 474 g/mol. The molecule has 4 rings (SSSR count). The number of likely N-dealkylation sites (tertiary alicyclic amines) is 1. The Hall–Kier alpha value is -4.33. The Bertz CT molecular complexity index is 1210. The van der Waals surface area contributed by atoms with Crippen LogP contribution in [0.2, 0.25) is 0 Å². The molecule has 180 valence electrons. The van der Waals surface area contributed by atoms with Crippen LogP contribution in [-0.2, 0) is 16.1 Å². The second kappa shape index (κ2) is 10.7. The number of benzene rings is 2. The average Bonchev–Trinajstić information content (AvgIpc) is 3.50. The molecule has 35 heavy (non-hydrogen) atoms. The molecule has 0 saturated carbocycles. The fourth-order valence-corrected chi connectivity index (χ4v) is 4.11. The van der Waals surface area contributed by atoms with Gasteiger partial charge in [-0.05, 0) is 48.4 Å². The van der Waals surface area contributed by atoms with Gasteiger partial charge in [0.1, 0.15) is 23.9 Å². The molecule has 8 nitrogen and oxygen atoms in total. The number of hydrogen-bond donors (Lipinski definition) is 1. The Balaban J connectivity index is 1.69. The van der Waals surface area contributed by atoms with E-state index in [2.05, 4.69) is 11.6 Å². The molecule has 3 aromatic rings. The van der Waals surface area contributed by atoms with E-state index in [4.69, 9.17) is 9.47 Å². The molecule has 1 N–H and O–H groups in total. The van der Waals surface area contributed by atoms with E-state index in [1.807, 2.05) is 10.8 Å². The molecule has 2 aromatic carbocycles. The van der Waals surface area contributed by atoms with Crippen LogP contribution in [0.15, 0.2) is 85.5 Å². The number of aromatic nitrogens is 2. The van der Waals surface area contributed by atoms with Crippen molar-refractivity contribution in [2.24, 2.45) is 0 Å². The lowest BCUT2D eigenvalue weighted by Gasteiger charge is -2.25. The summed E-state index contributed by atoms with van der Waals surface area (Å²) < 4.78 is 12.7. The zero-order valence-electron chi connectivity index (χ0n) is 19.5. The first-order chi connectivity index (χ1) is 17.0. The third-order valence-corrected chi connectivity index (χ3v) is 5.84. The van der Waals surface area contributed by atoms with Crippen LogP contribution < -0.4 is 9.47 Å². The second-order valence-corrected chi connectivity index (χ2v) is 8.04. The maximum absolute atomic E-state index is 13.2. The Morgan fingerprint density at radius 2 is 1.80 bits per heavy atom. The number of hydrogen-bond acceptors (Lipinski definition) is 6. The number of carbonyl (C=O) groups is 2. The molecule has 0 bridgehead atoms. The molecule has 1 amide bonds. The first-order valence-corrected chi connectivity index (χ1v) is 11.3. The standard InChI is InChI=1S/C27H27N3O5/c1-3-17-35-22-11-7-20(8-12-22)25(31)23-24(19-5-9-21(34-2)10-6-19)30(27(33)26(23)32)15-4-14-29-16-13-28-18-29/h3,5-13,16,18,24,31H,1,4,14-15,17H2,2H3/b25-23-. The lowest BCUT2D eigenvalue weighted by Crippen LogP contribution is -2.31. The van der Waals surface area contributed by atoms with Gasteiger partial charge >= 0.3 is 0 Å². The summed E-state index contributed by atoms with van der Waals surface area (Å²) in [5, 5.41) is 11.2. The van der Waals surface area contributed by atoms with E-state index in [0.717, 1.165) is 0 Å². The maximum atomic E-state index is 13.2. The minimum atomic E-state index is -0.722. The van der Waals surface area contributed by atoms with Crippen molar-refractivity contribution in [3.63, 3.8) is 0 Å². The van der Waals surface area contributed by atoms with Crippen molar-refractivity contribution < 1.29 is 24.2 Å². The van der Waals surface area contributed by atoms with E-state index in [-0.39, 0.29) is 11.3 Å². The van der Waals surface area contributed by atoms with E-state index in [1.54, 1.807) is 74.2 Å². The largest absolute Gasteiger partial charge is 0.507 e. The minimum Gasteiger partial charge on any atom is -0.507 e. The predicted octanol–water partition coefficient (Wildman–Crippen LogP) is 3.97. The highest BCUT2D eigenvalue weighted by atomic mass is 16.5. The zero-order valence-corrected chi connectivity index (χ0v) is 19.5.